The monoisotopic (exact) mass is 430 g/mol. The molecule has 32 heavy (non-hydrogen) atoms. The van der Waals surface area contributed by atoms with E-state index in [0.717, 1.165) is 16.9 Å². The summed E-state index contributed by atoms with van der Waals surface area (Å²) in [7, 11) is 0. The Kier molecular flexibility index (Phi) is 10.7. The van der Waals surface area contributed by atoms with Gasteiger partial charge in [-0.05, 0) is 29.3 Å². The molecule has 0 radical (unpaired) electrons. The summed E-state index contributed by atoms with van der Waals surface area (Å²) in [4.78, 5) is 0. The van der Waals surface area contributed by atoms with Gasteiger partial charge in [-0.1, -0.05) is 91.0 Å². The molecule has 0 aliphatic heterocycles. The number of para-hydroxylation sites is 1. The number of rotatable bonds is 14. The van der Waals surface area contributed by atoms with Crippen molar-refractivity contribution in [3.05, 3.63) is 114 Å². The summed E-state index contributed by atoms with van der Waals surface area (Å²) in [5.41, 5.74) is 2.22. The van der Waals surface area contributed by atoms with Gasteiger partial charge in [0.1, 0.15) is 19.0 Å². The van der Waals surface area contributed by atoms with E-state index in [1.807, 2.05) is 97.1 Å². The van der Waals surface area contributed by atoms with Crippen LogP contribution in [0.1, 0.15) is 11.1 Å². The first kappa shape index (κ1) is 23.3. The van der Waals surface area contributed by atoms with Gasteiger partial charge >= 0.3 is 0 Å². The molecule has 0 aromatic heterocycles. The van der Waals surface area contributed by atoms with E-state index in [0.29, 0.717) is 33.0 Å². The van der Waals surface area contributed by atoms with E-state index >= 15 is 0 Å². The molecule has 0 spiro atoms. The smallest absolute Gasteiger partial charge is 0.119 e. The lowest BCUT2D eigenvalue weighted by atomic mass is 10.2. The normalized spacial score (nSPS) is 12.2. The van der Waals surface area contributed by atoms with E-state index in [9.17, 15) is 0 Å². The van der Waals surface area contributed by atoms with E-state index < -0.39 is 0 Å². The summed E-state index contributed by atoms with van der Waals surface area (Å²) < 4.78 is 23.0. The largest absolute Gasteiger partial charge is 0.499 e. The molecule has 4 nitrogen and oxygen atoms in total. The highest BCUT2D eigenvalue weighted by Crippen LogP contribution is 2.08. The molecule has 0 aliphatic carbocycles. The van der Waals surface area contributed by atoms with Crippen LogP contribution in [-0.2, 0) is 14.2 Å². The first-order chi connectivity index (χ1) is 15.9. The van der Waals surface area contributed by atoms with E-state index in [1.54, 1.807) is 6.26 Å². The molecular formula is C28H30O4. The molecule has 0 bridgehead atoms. The molecular weight excluding hydrogens is 400 g/mol. The average Bonchev–Trinajstić information content (AvgIpc) is 2.86. The Bertz CT molecular complexity index is 908. The van der Waals surface area contributed by atoms with Crippen LogP contribution in [0.15, 0.2) is 103 Å². The van der Waals surface area contributed by atoms with Crippen LogP contribution in [-0.4, -0.2) is 39.1 Å². The van der Waals surface area contributed by atoms with Gasteiger partial charge in [0.05, 0.1) is 32.2 Å². The molecule has 3 rings (SSSR count). The molecule has 0 amide bonds. The van der Waals surface area contributed by atoms with Gasteiger partial charge in [0.25, 0.3) is 0 Å². The predicted octanol–water partition coefficient (Wildman–Crippen LogP) is 5.87. The Labute approximate surface area is 190 Å². The third kappa shape index (κ3) is 9.65. The highest BCUT2D eigenvalue weighted by molar-refractivity contribution is 5.49. The Morgan fingerprint density at radius 2 is 1.25 bits per heavy atom. The zero-order valence-electron chi connectivity index (χ0n) is 18.2. The summed E-state index contributed by atoms with van der Waals surface area (Å²) in [6.45, 7) is 2.36. The summed E-state index contributed by atoms with van der Waals surface area (Å²) >= 11 is 0. The van der Waals surface area contributed by atoms with Gasteiger partial charge in [0, 0.05) is 0 Å². The van der Waals surface area contributed by atoms with E-state index in [4.69, 9.17) is 18.9 Å². The first-order valence-electron chi connectivity index (χ1n) is 10.8. The second-order valence-corrected chi connectivity index (χ2v) is 7.00. The topological polar surface area (TPSA) is 36.9 Å². The zero-order valence-corrected chi connectivity index (χ0v) is 18.2. The molecule has 0 aliphatic rings. The minimum Gasteiger partial charge on any atom is -0.499 e. The SMILES string of the molecule is C(=Cc1ccccc1)OCCOC(C=Cc1ccccc1)COCCOc1ccccc1. The molecule has 1 unspecified atom stereocenters. The van der Waals surface area contributed by atoms with Crippen molar-refractivity contribution < 1.29 is 18.9 Å². The van der Waals surface area contributed by atoms with E-state index in [2.05, 4.69) is 12.1 Å². The summed E-state index contributed by atoms with van der Waals surface area (Å²) in [5, 5.41) is 0. The number of hydrogen-bond acceptors (Lipinski definition) is 4. The molecule has 0 heterocycles. The van der Waals surface area contributed by atoms with Gasteiger partial charge < -0.3 is 18.9 Å². The second kappa shape index (κ2) is 14.6. The van der Waals surface area contributed by atoms with Gasteiger partial charge in [-0.25, -0.2) is 0 Å². The van der Waals surface area contributed by atoms with Crippen LogP contribution in [0, 0.1) is 0 Å². The second-order valence-electron chi connectivity index (χ2n) is 7.00. The maximum Gasteiger partial charge on any atom is 0.119 e. The van der Waals surface area contributed by atoms with Gasteiger partial charge in [-0.2, -0.15) is 0 Å². The lowest BCUT2D eigenvalue weighted by Crippen LogP contribution is -2.21. The van der Waals surface area contributed by atoms with Crippen molar-refractivity contribution in [3.8, 4) is 5.75 Å². The van der Waals surface area contributed by atoms with Crippen molar-refractivity contribution in [2.45, 2.75) is 6.10 Å². The Hall–Kier alpha value is -3.34. The van der Waals surface area contributed by atoms with Crippen molar-refractivity contribution in [1.29, 1.82) is 0 Å². The molecule has 3 aromatic carbocycles. The summed E-state index contributed by atoms with van der Waals surface area (Å²) in [6, 6.07) is 29.9. The van der Waals surface area contributed by atoms with Gasteiger partial charge in [0.2, 0.25) is 0 Å². The maximum absolute atomic E-state index is 5.97. The number of hydrogen-bond donors (Lipinski definition) is 0. The van der Waals surface area contributed by atoms with Crippen molar-refractivity contribution in [2.24, 2.45) is 0 Å². The fraction of sp³-hybridized carbons (Fsp3) is 0.214. The van der Waals surface area contributed by atoms with Crippen LogP contribution in [0.4, 0.5) is 0 Å². The number of benzene rings is 3. The Morgan fingerprint density at radius 1 is 0.625 bits per heavy atom. The van der Waals surface area contributed by atoms with Crippen molar-refractivity contribution in [1.82, 2.24) is 0 Å². The van der Waals surface area contributed by atoms with E-state index in [-0.39, 0.29) is 6.10 Å². The lowest BCUT2D eigenvalue weighted by molar-refractivity contribution is -0.0111. The third-order valence-electron chi connectivity index (χ3n) is 4.51. The van der Waals surface area contributed by atoms with Crippen LogP contribution >= 0.6 is 0 Å². The van der Waals surface area contributed by atoms with Crippen LogP contribution in [0.2, 0.25) is 0 Å². The average molecular weight is 431 g/mol. The fourth-order valence-electron chi connectivity index (χ4n) is 2.88. The highest BCUT2D eigenvalue weighted by atomic mass is 16.6. The third-order valence-corrected chi connectivity index (χ3v) is 4.51. The maximum atomic E-state index is 5.97. The fourth-order valence-corrected chi connectivity index (χ4v) is 2.88. The molecule has 1 atom stereocenters. The quantitative estimate of drug-likeness (QED) is 0.237. The summed E-state index contributed by atoms with van der Waals surface area (Å²) in [5.74, 6) is 0.841. The molecule has 0 saturated carbocycles. The molecule has 3 aromatic rings. The van der Waals surface area contributed by atoms with Gasteiger partial charge in [-0.3, -0.25) is 0 Å². The Morgan fingerprint density at radius 3 is 1.94 bits per heavy atom. The minimum absolute atomic E-state index is 0.173. The highest BCUT2D eigenvalue weighted by Gasteiger charge is 2.06. The predicted molar refractivity (Wildman–Crippen MR) is 129 cm³/mol. The number of ether oxygens (including phenoxy) is 4. The van der Waals surface area contributed by atoms with Crippen LogP contribution in [0.3, 0.4) is 0 Å². The van der Waals surface area contributed by atoms with Crippen LogP contribution in [0.25, 0.3) is 12.2 Å². The first-order valence-corrected chi connectivity index (χ1v) is 10.8. The van der Waals surface area contributed by atoms with Gasteiger partial charge in [-0.15, -0.1) is 0 Å². The van der Waals surface area contributed by atoms with Crippen molar-refractivity contribution in [2.75, 3.05) is 33.0 Å². The summed E-state index contributed by atoms with van der Waals surface area (Å²) in [6.07, 6.45) is 7.53. The molecule has 0 N–H and O–H groups in total. The van der Waals surface area contributed by atoms with Crippen molar-refractivity contribution in [3.63, 3.8) is 0 Å². The standard InChI is InChI=1S/C28H30O4/c1-4-10-25(11-5-1)16-17-28(24-30-21-23-31-27-14-8-3-9-15-27)32-22-20-29-19-18-26-12-6-2-7-13-26/h1-19,28H,20-24H2. The van der Waals surface area contributed by atoms with Gasteiger partial charge in [0.15, 0.2) is 0 Å². The zero-order chi connectivity index (χ0) is 22.1. The minimum atomic E-state index is -0.173. The molecule has 0 saturated heterocycles. The van der Waals surface area contributed by atoms with Crippen molar-refractivity contribution >= 4 is 12.2 Å². The molecule has 4 heteroatoms. The molecule has 0 fully saturated rings. The Balaban J connectivity index is 1.39. The van der Waals surface area contributed by atoms with Crippen LogP contribution < -0.4 is 4.74 Å². The van der Waals surface area contributed by atoms with E-state index in [1.165, 1.54) is 0 Å². The van der Waals surface area contributed by atoms with Crippen LogP contribution in [0.5, 0.6) is 5.75 Å². The lowest BCUT2D eigenvalue weighted by Gasteiger charge is -2.15. The molecule has 166 valence electrons.